The normalized spacial score (nSPS) is 10.3. The number of amides is 1. The van der Waals surface area contributed by atoms with E-state index in [1.807, 2.05) is 56.3 Å². The molecule has 0 atom stereocenters. The lowest BCUT2D eigenvalue weighted by Gasteiger charge is -2.09. The summed E-state index contributed by atoms with van der Waals surface area (Å²) in [5.41, 5.74) is 2.80. The zero-order valence-corrected chi connectivity index (χ0v) is 11.8. The van der Waals surface area contributed by atoms with Gasteiger partial charge in [-0.2, -0.15) is 0 Å². The van der Waals surface area contributed by atoms with E-state index in [0.29, 0.717) is 6.54 Å². The minimum atomic E-state index is -0.0167. The molecule has 2 rings (SSSR count). The fourth-order valence-corrected chi connectivity index (χ4v) is 1.65. The SMILES string of the molecule is CC(C)C(=O)Nc1ccc(NCc2ccccn2)cc1. The number of nitrogens with one attached hydrogen (secondary N) is 2. The van der Waals surface area contributed by atoms with Crippen molar-refractivity contribution in [1.29, 1.82) is 0 Å². The standard InChI is InChI=1S/C16H19N3O/c1-12(2)16(20)19-14-8-6-13(7-9-14)18-11-15-5-3-4-10-17-15/h3-10,12,18H,11H2,1-2H3,(H,19,20). The van der Waals surface area contributed by atoms with Crippen molar-refractivity contribution in [3.8, 4) is 0 Å². The zero-order valence-electron chi connectivity index (χ0n) is 11.8. The van der Waals surface area contributed by atoms with Crippen LogP contribution < -0.4 is 10.6 Å². The molecule has 1 amide bonds. The first-order valence-corrected chi connectivity index (χ1v) is 6.70. The number of nitrogens with zero attached hydrogens (tertiary/aromatic N) is 1. The van der Waals surface area contributed by atoms with Gasteiger partial charge < -0.3 is 10.6 Å². The summed E-state index contributed by atoms with van der Waals surface area (Å²) in [5.74, 6) is 0.0103. The van der Waals surface area contributed by atoms with Crippen LogP contribution in [0.1, 0.15) is 19.5 Å². The van der Waals surface area contributed by atoms with E-state index in [4.69, 9.17) is 0 Å². The fourth-order valence-electron chi connectivity index (χ4n) is 1.65. The molecule has 2 N–H and O–H groups in total. The van der Waals surface area contributed by atoms with Crippen molar-refractivity contribution in [2.24, 2.45) is 5.92 Å². The maximum Gasteiger partial charge on any atom is 0.226 e. The first-order valence-electron chi connectivity index (χ1n) is 6.70. The molecule has 1 heterocycles. The molecule has 0 radical (unpaired) electrons. The highest BCUT2D eigenvalue weighted by Crippen LogP contribution is 2.15. The molecule has 0 spiro atoms. The molecule has 0 aliphatic carbocycles. The summed E-state index contributed by atoms with van der Waals surface area (Å²) in [6.45, 7) is 4.43. The predicted molar refractivity (Wildman–Crippen MR) is 81.5 cm³/mol. The highest BCUT2D eigenvalue weighted by Gasteiger charge is 2.06. The number of rotatable bonds is 5. The van der Waals surface area contributed by atoms with E-state index < -0.39 is 0 Å². The summed E-state index contributed by atoms with van der Waals surface area (Å²) in [6.07, 6.45) is 1.78. The minimum Gasteiger partial charge on any atom is -0.379 e. The maximum atomic E-state index is 11.6. The smallest absolute Gasteiger partial charge is 0.226 e. The van der Waals surface area contributed by atoms with Crippen LogP contribution >= 0.6 is 0 Å². The molecule has 0 unspecified atom stereocenters. The third-order valence-corrected chi connectivity index (χ3v) is 2.88. The Kier molecular flexibility index (Phi) is 4.71. The van der Waals surface area contributed by atoms with E-state index in [-0.39, 0.29) is 11.8 Å². The first-order chi connectivity index (χ1) is 9.65. The van der Waals surface area contributed by atoms with Crippen LogP contribution in [0, 0.1) is 5.92 Å². The van der Waals surface area contributed by atoms with Gasteiger partial charge in [0.2, 0.25) is 5.91 Å². The van der Waals surface area contributed by atoms with Crippen molar-refractivity contribution in [2.45, 2.75) is 20.4 Å². The van der Waals surface area contributed by atoms with Gasteiger partial charge in [-0.05, 0) is 36.4 Å². The Bertz CT molecular complexity index is 550. The lowest BCUT2D eigenvalue weighted by molar-refractivity contribution is -0.118. The summed E-state index contributed by atoms with van der Waals surface area (Å²) in [7, 11) is 0. The van der Waals surface area contributed by atoms with E-state index in [0.717, 1.165) is 17.1 Å². The van der Waals surface area contributed by atoms with Gasteiger partial charge in [0.25, 0.3) is 0 Å². The van der Waals surface area contributed by atoms with Gasteiger partial charge in [0.05, 0.1) is 12.2 Å². The minimum absolute atomic E-state index is 0.0167. The summed E-state index contributed by atoms with van der Waals surface area (Å²) in [6, 6.07) is 13.5. The lowest BCUT2D eigenvalue weighted by atomic mass is 10.2. The molecule has 0 aliphatic heterocycles. The second kappa shape index (κ2) is 6.70. The maximum absolute atomic E-state index is 11.6. The monoisotopic (exact) mass is 269 g/mol. The molecule has 4 heteroatoms. The third kappa shape index (κ3) is 4.09. The van der Waals surface area contributed by atoms with Gasteiger partial charge in [0.1, 0.15) is 0 Å². The van der Waals surface area contributed by atoms with Gasteiger partial charge in [-0.15, -0.1) is 0 Å². The quantitative estimate of drug-likeness (QED) is 0.875. The van der Waals surface area contributed by atoms with Crippen LogP contribution in [-0.4, -0.2) is 10.9 Å². The number of anilines is 2. The van der Waals surface area contributed by atoms with Crippen molar-refractivity contribution in [2.75, 3.05) is 10.6 Å². The molecule has 1 aromatic carbocycles. The number of aromatic nitrogens is 1. The zero-order chi connectivity index (χ0) is 14.4. The molecular weight excluding hydrogens is 250 g/mol. The molecular formula is C16H19N3O. The number of hydrogen-bond donors (Lipinski definition) is 2. The van der Waals surface area contributed by atoms with Gasteiger partial charge in [0.15, 0.2) is 0 Å². The summed E-state index contributed by atoms with van der Waals surface area (Å²) in [5, 5.41) is 6.15. The number of benzene rings is 1. The van der Waals surface area contributed by atoms with Crippen LogP contribution in [0.4, 0.5) is 11.4 Å². The Morgan fingerprint density at radius 2 is 1.80 bits per heavy atom. The summed E-state index contributed by atoms with van der Waals surface area (Å²) >= 11 is 0. The van der Waals surface area contributed by atoms with Gasteiger partial charge in [-0.25, -0.2) is 0 Å². The highest BCUT2D eigenvalue weighted by molar-refractivity contribution is 5.92. The Balaban J connectivity index is 1.90. The van der Waals surface area contributed by atoms with E-state index in [2.05, 4.69) is 15.6 Å². The van der Waals surface area contributed by atoms with Gasteiger partial charge in [0, 0.05) is 23.5 Å². The van der Waals surface area contributed by atoms with Gasteiger partial charge in [-0.3, -0.25) is 9.78 Å². The molecule has 0 aliphatic rings. The molecule has 104 valence electrons. The Labute approximate surface area is 119 Å². The van der Waals surface area contributed by atoms with Crippen LogP contribution in [0.2, 0.25) is 0 Å². The highest BCUT2D eigenvalue weighted by atomic mass is 16.1. The Hall–Kier alpha value is -2.36. The van der Waals surface area contributed by atoms with Crippen molar-refractivity contribution >= 4 is 17.3 Å². The van der Waals surface area contributed by atoms with Crippen LogP contribution in [0.3, 0.4) is 0 Å². The molecule has 2 aromatic rings. The van der Waals surface area contributed by atoms with E-state index in [1.54, 1.807) is 6.20 Å². The largest absolute Gasteiger partial charge is 0.379 e. The first kappa shape index (κ1) is 14.1. The van der Waals surface area contributed by atoms with E-state index in [1.165, 1.54) is 0 Å². The lowest BCUT2D eigenvalue weighted by Crippen LogP contribution is -2.17. The average Bonchev–Trinajstić information content (AvgIpc) is 2.47. The molecule has 0 fully saturated rings. The summed E-state index contributed by atoms with van der Waals surface area (Å²) in [4.78, 5) is 15.8. The topological polar surface area (TPSA) is 54.0 Å². The second-order valence-corrected chi connectivity index (χ2v) is 4.90. The van der Waals surface area contributed by atoms with Crippen LogP contribution in [0.25, 0.3) is 0 Å². The van der Waals surface area contributed by atoms with Crippen molar-refractivity contribution < 1.29 is 4.79 Å². The molecule has 0 bridgehead atoms. The average molecular weight is 269 g/mol. The van der Waals surface area contributed by atoms with E-state index in [9.17, 15) is 4.79 Å². The van der Waals surface area contributed by atoms with Crippen LogP contribution in [0.15, 0.2) is 48.7 Å². The number of hydrogen-bond acceptors (Lipinski definition) is 3. The molecule has 4 nitrogen and oxygen atoms in total. The summed E-state index contributed by atoms with van der Waals surface area (Å²) < 4.78 is 0. The van der Waals surface area contributed by atoms with Gasteiger partial charge in [-0.1, -0.05) is 19.9 Å². The molecule has 1 aromatic heterocycles. The molecule has 0 saturated heterocycles. The van der Waals surface area contributed by atoms with Gasteiger partial charge >= 0.3 is 0 Å². The van der Waals surface area contributed by atoms with Crippen molar-refractivity contribution in [1.82, 2.24) is 4.98 Å². The third-order valence-electron chi connectivity index (χ3n) is 2.88. The van der Waals surface area contributed by atoms with Crippen molar-refractivity contribution in [3.63, 3.8) is 0 Å². The number of carbonyl (C=O) groups is 1. The van der Waals surface area contributed by atoms with Crippen molar-refractivity contribution in [3.05, 3.63) is 54.4 Å². The predicted octanol–water partition coefficient (Wildman–Crippen LogP) is 3.29. The fraction of sp³-hybridized carbons (Fsp3) is 0.250. The molecule has 0 saturated carbocycles. The Morgan fingerprint density at radius 1 is 1.10 bits per heavy atom. The second-order valence-electron chi connectivity index (χ2n) is 4.90. The molecule has 20 heavy (non-hydrogen) atoms. The van der Waals surface area contributed by atoms with E-state index >= 15 is 0 Å². The number of pyridine rings is 1. The van der Waals surface area contributed by atoms with Crippen LogP contribution in [0.5, 0.6) is 0 Å². The number of carbonyl (C=O) groups excluding carboxylic acids is 1. The Morgan fingerprint density at radius 3 is 2.40 bits per heavy atom. The van der Waals surface area contributed by atoms with Crippen LogP contribution in [-0.2, 0) is 11.3 Å².